The van der Waals surface area contributed by atoms with Gasteiger partial charge in [0.25, 0.3) is 5.91 Å². The van der Waals surface area contributed by atoms with Crippen molar-refractivity contribution < 1.29 is 9.21 Å². The Labute approximate surface area is 167 Å². The Morgan fingerprint density at radius 2 is 1.90 bits per heavy atom. The molecule has 1 N–H and O–H groups in total. The first-order chi connectivity index (χ1) is 14.2. The molecule has 0 spiro atoms. The van der Waals surface area contributed by atoms with Crippen molar-refractivity contribution in [1.29, 1.82) is 5.26 Å². The standard InChI is InChI=1S/C23H16N4O2/c1-15(17-10-8-16(14-24)9-11-17)26-27-23(28)19-13-21(22-7-4-12-29-22)25-20-6-3-2-5-18(19)20/h2-13H,1H3,(H,27,28). The predicted molar refractivity (Wildman–Crippen MR) is 110 cm³/mol. The smallest absolute Gasteiger partial charge is 0.272 e. The molecule has 0 aliphatic carbocycles. The highest BCUT2D eigenvalue weighted by molar-refractivity contribution is 6.08. The minimum absolute atomic E-state index is 0.343. The molecule has 0 fully saturated rings. The third-order valence-electron chi connectivity index (χ3n) is 4.49. The van der Waals surface area contributed by atoms with E-state index in [4.69, 9.17) is 9.68 Å². The van der Waals surface area contributed by atoms with Crippen molar-refractivity contribution >= 4 is 22.5 Å². The van der Waals surface area contributed by atoms with E-state index in [0.717, 1.165) is 10.9 Å². The SMILES string of the molecule is CC(=NNC(=O)c1cc(-c2ccco2)nc2ccccc12)c1ccc(C#N)cc1. The third-order valence-corrected chi connectivity index (χ3v) is 4.49. The second kappa shape index (κ2) is 7.79. The Kier molecular flexibility index (Phi) is 4.87. The van der Waals surface area contributed by atoms with Crippen molar-refractivity contribution in [3.05, 3.63) is 89.7 Å². The number of hydrazone groups is 1. The first-order valence-corrected chi connectivity index (χ1v) is 8.94. The van der Waals surface area contributed by atoms with E-state index in [2.05, 4.69) is 21.6 Å². The van der Waals surface area contributed by atoms with Crippen LogP contribution in [0.2, 0.25) is 0 Å². The number of para-hydroxylation sites is 1. The molecular formula is C23H16N4O2. The number of nitrogens with zero attached hydrogens (tertiary/aromatic N) is 3. The van der Waals surface area contributed by atoms with Gasteiger partial charge in [0.15, 0.2) is 5.76 Å². The number of furan rings is 1. The molecule has 0 atom stereocenters. The highest BCUT2D eigenvalue weighted by Crippen LogP contribution is 2.25. The molecule has 0 saturated carbocycles. The lowest BCUT2D eigenvalue weighted by Gasteiger charge is -2.08. The van der Waals surface area contributed by atoms with E-state index in [9.17, 15) is 4.79 Å². The zero-order chi connectivity index (χ0) is 20.2. The van der Waals surface area contributed by atoms with Crippen LogP contribution in [0.15, 0.2) is 82.5 Å². The van der Waals surface area contributed by atoms with E-state index in [1.807, 2.05) is 24.3 Å². The van der Waals surface area contributed by atoms with Gasteiger partial charge in [-0.15, -0.1) is 0 Å². The number of hydrogen-bond acceptors (Lipinski definition) is 5. The molecule has 2 aromatic carbocycles. The molecule has 29 heavy (non-hydrogen) atoms. The molecule has 0 aliphatic heterocycles. The number of hydrogen-bond donors (Lipinski definition) is 1. The summed E-state index contributed by atoms with van der Waals surface area (Å²) in [4.78, 5) is 17.5. The molecule has 4 rings (SSSR count). The third kappa shape index (κ3) is 3.75. The van der Waals surface area contributed by atoms with Crippen LogP contribution < -0.4 is 5.43 Å². The maximum absolute atomic E-state index is 12.9. The number of pyridine rings is 1. The van der Waals surface area contributed by atoms with Gasteiger partial charge in [-0.25, -0.2) is 10.4 Å². The van der Waals surface area contributed by atoms with Gasteiger partial charge < -0.3 is 4.42 Å². The number of benzene rings is 2. The molecule has 0 bridgehead atoms. The zero-order valence-electron chi connectivity index (χ0n) is 15.6. The fraction of sp³-hybridized carbons (Fsp3) is 0.0435. The van der Waals surface area contributed by atoms with Crippen LogP contribution in [-0.4, -0.2) is 16.6 Å². The van der Waals surface area contributed by atoms with E-state index in [-0.39, 0.29) is 5.91 Å². The van der Waals surface area contributed by atoms with Gasteiger partial charge in [-0.05, 0) is 48.9 Å². The van der Waals surface area contributed by atoms with Crippen LogP contribution in [0.3, 0.4) is 0 Å². The fourth-order valence-electron chi connectivity index (χ4n) is 2.96. The topological polar surface area (TPSA) is 91.3 Å². The van der Waals surface area contributed by atoms with Gasteiger partial charge in [-0.1, -0.05) is 30.3 Å². The van der Waals surface area contributed by atoms with Crippen LogP contribution in [0, 0.1) is 11.3 Å². The first kappa shape index (κ1) is 18.1. The summed E-state index contributed by atoms with van der Waals surface area (Å²) in [6.45, 7) is 1.79. The Hall–Kier alpha value is -4.24. The lowest BCUT2D eigenvalue weighted by atomic mass is 10.1. The number of nitriles is 1. The summed E-state index contributed by atoms with van der Waals surface area (Å²) in [5, 5.41) is 13.8. The fourth-order valence-corrected chi connectivity index (χ4v) is 2.96. The summed E-state index contributed by atoms with van der Waals surface area (Å²) in [6.07, 6.45) is 1.57. The second-order valence-electron chi connectivity index (χ2n) is 6.38. The number of nitrogens with one attached hydrogen (secondary N) is 1. The molecule has 140 valence electrons. The lowest BCUT2D eigenvalue weighted by Crippen LogP contribution is -2.20. The molecule has 6 heteroatoms. The summed E-state index contributed by atoms with van der Waals surface area (Å²) in [5.74, 6) is 0.242. The molecule has 2 heterocycles. The van der Waals surface area contributed by atoms with Crippen molar-refractivity contribution in [2.45, 2.75) is 6.92 Å². The van der Waals surface area contributed by atoms with Gasteiger partial charge in [0.2, 0.25) is 0 Å². The van der Waals surface area contributed by atoms with Crippen LogP contribution in [-0.2, 0) is 0 Å². The molecular weight excluding hydrogens is 364 g/mol. The quantitative estimate of drug-likeness (QED) is 0.416. The summed E-state index contributed by atoms with van der Waals surface area (Å²) in [6, 6.07) is 21.8. The van der Waals surface area contributed by atoms with Gasteiger partial charge in [0, 0.05) is 5.39 Å². The zero-order valence-corrected chi connectivity index (χ0v) is 15.6. The second-order valence-corrected chi connectivity index (χ2v) is 6.38. The maximum atomic E-state index is 12.9. The monoisotopic (exact) mass is 380 g/mol. The Morgan fingerprint density at radius 1 is 1.10 bits per heavy atom. The van der Waals surface area contributed by atoms with E-state index >= 15 is 0 Å². The molecule has 0 radical (unpaired) electrons. The van der Waals surface area contributed by atoms with E-state index in [1.165, 1.54) is 0 Å². The predicted octanol–water partition coefficient (Wildman–Crippen LogP) is 4.52. The summed E-state index contributed by atoms with van der Waals surface area (Å²) < 4.78 is 5.43. The average molecular weight is 380 g/mol. The Bertz CT molecular complexity index is 1250. The molecule has 4 aromatic rings. The lowest BCUT2D eigenvalue weighted by molar-refractivity contribution is 0.0956. The van der Waals surface area contributed by atoms with Crippen LogP contribution in [0.4, 0.5) is 0 Å². The molecule has 1 amide bonds. The summed E-state index contributed by atoms with van der Waals surface area (Å²) in [7, 11) is 0. The van der Waals surface area contributed by atoms with Gasteiger partial charge >= 0.3 is 0 Å². The number of fused-ring (bicyclic) bond motifs is 1. The first-order valence-electron chi connectivity index (χ1n) is 8.94. The molecule has 0 unspecified atom stereocenters. The van der Waals surface area contributed by atoms with E-state index < -0.39 is 0 Å². The van der Waals surface area contributed by atoms with Gasteiger partial charge in [0.05, 0.1) is 34.7 Å². The van der Waals surface area contributed by atoms with E-state index in [0.29, 0.717) is 33.8 Å². The number of carbonyl (C=O) groups is 1. The van der Waals surface area contributed by atoms with Crippen molar-refractivity contribution in [2.24, 2.45) is 5.10 Å². The van der Waals surface area contributed by atoms with Gasteiger partial charge in [-0.2, -0.15) is 10.4 Å². The van der Waals surface area contributed by atoms with Crippen molar-refractivity contribution in [1.82, 2.24) is 10.4 Å². The molecule has 0 aliphatic rings. The summed E-state index contributed by atoms with van der Waals surface area (Å²) >= 11 is 0. The normalized spacial score (nSPS) is 11.2. The van der Waals surface area contributed by atoms with E-state index in [1.54, 1.807) is 55.7 Å². The Morgan fingerprint density at radius 3 is 2.62 bits per heavy atom. The van der Waals surface area contributed by atoms with Crippen LogP contribution >= 0.6 is 0 Å². The van der Waals surface area contributed by atoms with Crippen LogP contribution in [0.1, 0.15) is 28.4 Å². The van der Waals surface area contributed by atoms with Crippen molar-refractivity contribution in [2.75, 3.05) is 0 Å². The summed E-state index contributed by atoms with van der Waals surface area (Å²) in [5.41, 5.74) is 6.36. The number of carbonyl (C=O) groups excluding carboxylic acids is 1. The molecule has 6 nitrogen and oxygen atoms in total. The average Bonchev–Trinajstić information content (AvgIpc) is 3.31. The van der Waals surface area contributed by atoms with Crippen LogP contribution in [0.25, 0.3) is 22.4 Å². The highest BCUT2D eigenvalue weighted by atomic mass is 16.3. The van der Waals surface area contributed by atoms with Crippen molar-refractivity contribution in [3.63, 3.8) is 0 Å². The number of rotatable bonds is 4. The molecule has 0 saturated heterocycles. The van der Waals surface area contributed by atoms with Crippen molar-refractivity contribution in [3.8, 4) is 17.5 Å². The highest BCUT2D eigenvalue weighted by Gasteiger charge is 2.15. The van der Waals surface area contributed by atoms with Crippen LogP contribution in [0.5, 0.6) is 0 Å². The number of aromatic nitrogens is 1. The van der Waals surface area contributed by atoms with Gasteiger partial charge in [0.1, 0.15) is 5.69 Å². The van der Waals surface area contributed by atoms with Gasteiger partial charge in [-0.3, -0.25) is 4.79 Å². The number of amides is 1. The Balaban J connectivity index is 1.66. The molecule has 2 aromatic heterocycles. The minimum atomic E-state index is -0.343. The minimum Gasteiger partial charge on any atom is -0.463 e. The largest absolute Gasteiger partial charge is 0.463 e. The maximum Gasteiger partial charge on any atom is 0.272 e.